The summed E-state index contributed by atoms with van der Waals surface area (Å²) in [6, 6.07) is 14.1. The van der Waals surface area contributed by atoms with E-state index < -0.39 is 5.97 Å². The van der Waals surface area contributed by atoms with Gasteiger partial charge in [-0.1, -0.05) is 29.8 Å². The van der Waals surface area contributed by atoms with E-state index in [9.17, 15) is 4.79 Å². The molecule has 2 aromatic rings. The van der Waals surface area contributed by atoms with Crippen LogP contribution in [0.15, 0.2) is 48.5 Å². The van der Waals surface area contributed by atoms with Crippen LogP contribution in [0.3, 0.4) is 0 Å². The monoisotopic (exact) mass is 305 g/mol. The summed E-state index contributed by atoms with van der Waals surface area (Å²) in [4.78, 5) is 11.8. The lowest BCUT2D eigenvalue weighted by molar-refractivity contribution is 0.0486. The second-order valence-electron chi connectivity index (χ2n) is 4.42. The molecule has 0 amide bonds. The van der Waals surface area contributed by atoms with E-state index in [1.807, 2.05) is 30.3 Å². The van der Waals surface area contributed by atoms with Crippen molar-refractivity contribution in [1.29, 1.82) is 0 Å². The molecule has 2 aromatic carbocycles. The fourth-order valence-electron chi connectivity index (χ4n) is 1.74. The number of carbonyl (C=O) groups excluding carboxylic acids is 1. The van der Waals surface area contributed by atoms with E-state index in [0.717, 1.165) is 5.75 Å². The maximum atomic E-state index is 11.8. The number of esters is 1. The van der Waals surface area contributed by atoms with Crippen molar-refractivity contribution >= 4 is 23.3 Å². The molecule has 5 heteroatoms. The van der Waals surface area contributed by atoms with Crippen molar-refractivity contribution in [2.24, 2.45) is 0 Å². The van der Waals surface area contributed by atoms with E-state index in [1.54, 1.807) is 6.07 Å². The minimum atomic E-state index is -0.441. The number of carbonyl (C=O) groups is 1. The van der Waals surface area contributed by atoms with E-state index in [4.69, 9.17) is 26.8 Å². The zero-order chi connectivity index (χ0) is 15.1. The molecular formula is C16H16ClNO3. The maximum absolute atomic E-state index is 11.8. The van der Waals surface area contributed by atoms with Crippen LogP contribution in [-0.2, 0) is 4.74 Å². The van der Waals surface area contributed by atoms with Gasteiger partial charge in [-0.25, -0.2) is 4.79 Å². The highest BCUT2D eigenvalue weighted by molar-refractivity contribution is 6.31. The lowest BCUT2D eigenvalue weighted by Crippen LogP contribution is -2.09. The SMILES string of the molecule is Nc1cc(Cl)cc(C(=O)OCCCOc2ccccc2)c1. The van der Waals surface area contributed by atoms with Crippen molar-refractivity contribution in [3.05, 3.63) is 59.1 Å². The Labute approximate surface area is 128 Å². The third-order valence-corrected chi connectivity index (χ3v) is 2.91. The maximum Gasteiger partial charge on any atom is 0.338 e. The number of ether oxygens (including phenoxy) is 2. The molecule has 0 radical (unpaired) electrons. The summed E-state index contributed by atoms with van der Waals surface area (Å²) in [7, 11) is 0. The second-order valence-corrected chi connectivity index (χ2v) is 4.86. The fourth-order valence-corrected chi connectivity index (χ4v) is 1.99. The first-order valence-electron chi connectivity index (χ1n) is 6.56. The zero-order valence-electron chi connectivity index (χ0n) is 11.4. The standard InChI is InChI=1S/C16H16ClNO3/c17-13-9-12(10-14(18)11-13)16(19)21-8-4-7-20-15-5-2-1-3-6-15/h1-3,5-6,9-11H,4,7-8,18H2. The molecule has 0 heterocycles. The topological polar surface area (TPSA) is 61.6 Å². The van der Waals surface area contributed by atoms with Crippen LogP contribution in [0.2, 0.25) is 5.02 Å². The van der Waals surface area contributed by atoms with E-state index in [-0.39, 0.29) is 6.61 Å². The molecule has 0 aromatic heterocycles. The molecule has 0 unspecified atom stereocenters. The summed E-state index contributed by atoms with van der Waals surface area (Å²) in [6.07, 6.45) is 0.608. The van der Waals surface area contributed by atoms with Crippen LogP contribution in [0, 0.1) is 0 Å². The number of anilines is 1. The Morgan fingerprint density at radius 2 is 1.86 bits per heavy atom. The van der Waals surface area contributed by atoms with Gasteiger partial charge in [0.2, 0.25) is 0 Å². The van der Waals surface area contributed by atoms with Crippen LogP contribution in [0.5, 0.6) is 5.75 Å². The van der Waals surface area contributed by atoms with E-state index in [0.29, 0.717) is 29.3 Å². The van der Waals surface area contributed by atoms with Crippen molar-refractivity contribution in [2.75, 3.05) is 18.9 Å². The van der Waals surface area contributed by atoms with Gasteiger partial charge in [0.05, 0.1) is 18.8 Å². The Morgan fingerprint density at radius 3 is 2.57 bits per heavy atom. The lowest BCUT2D eigenvalue weighted by atomic mass is 10.2. The molecule has 0 aliphatic heterocycles. The van der Waals surface area contributed by atoms with Gasteiger partial charge in [0, 0.05) is 17.1 Å². The van der Waals surface area contributed by atoms with Crippen molar-refractivity contribution in [3.63, 3.8) is 0 Å². The van der Waals surface area contributed by atoms with Crippen LogP contribution in [0.4, 0.5) is 5.69 Å². The van der Waals surface area contributed by atoms with E-state index >= 15 is 0 Å². The Bertz CT molecular complexity index is 581. The lowest BCUT2D eigenvalue weighted by Gasteiger charge is -2.07. The molecular weight excluding hydrogens is 290 g/mol. The Morgan fingerprint density at radius 1 is 1.10 bits per heavy atom. The first-order valence-corrected chi connectivity index (χ1v) is 6.94. The number of benzene rings is 2. The molecule has 4 nitrogen and oxygen atoms in total. The van der Waals surface area contributed by atoms with Crippen LogP contribution in [-0.4, -0.2) is 19.2 Å². The third kappa shape index (κ3) is 5.00. The predicted octanol–water partition coefficient (Wildman–Crippen LogP) is 3.55. The smallest absolute Gasteiger partial charge is 0.338 e. The van der Waals surface area contributed by atoms with Crippen LogP contribution >= 0.6 is 11.6 Å². The molecule has 2 rings (SSSR count). The third-order valence-electron chi connectivity index (χ3n) is 2.69. The zero-order valence-corrected chi connectivity index (χ0v) is 12.2. The summed E-state index contributed by atoms with van der Waals surface area (Å²) in [5, 5.41) is 0.411. The van der Waals surface area contributed by atoms with Crippen molar-refractivity contribution < 1.29 is 14.3 Å². The second kappa shape index (κ2) is 7.55. The Balaban J connectivity index is 1.72. The number of nitrogen functional groups attached to an aromatic ring is 1. The van der Waals surface area contributed by atoms with Gasteiger partial charge < -0.3 is 15.2 Å². The van der Waals surface area contributed by atoms with Gasteiger partial charge in [-0.15, -0.1) is 0 Å². The normalized spacial score (nSPS) is 10.1. The van der Waals surface area contributed by atoms with Crippen molar-refractivity contribution in [2.45, 2.75) is 6.42 Å². The molecule has 21 heavy (non-hydrogen) atoms. The molecule has 0 spiro atoms. The predicted molar refractivity (Wildman–Crippen MR) is 82.7 cm³/mol. The molecule has 0 fully saturated rings. The van der Waals surface area contributed by atoms with Crippen molar-refractivity contribution in [1.82, 2.24) is 0 Å². The summed E-state index contributed by atoms with van der Waals surface area (Å²) >= 11 is 5.84. The number of para-hydroxylation sites is 1. The average molecular weight is 306 g/mol. The molecule has 2 N–H and O–H groups in total. The summed E-state index contributed by atoms with van der Waals surface area (Å²) < 4.78 is 10.6. The number of rotatable bonds is 6. The summed E-state index contributed by atoms with van der Waals surface area (Å²) in [6.45, 7) is 0.757. The molecule has 110 valence electrons. The van der Waals surface area contributed by atoms with Gasteiger partial charge in [0.25, 0.3) is 0 Å². The molecule has 0 saturated heterocycles. The summed E-state index contributed by atoms with van der Waals surface area (Å²) in [5.41, 5.74) is 6.41. The van der Waals surface area contributed by atoms with Gasteiger partial charge in [-0.3, -0.25) is 0 Å². The highest BCUT2D eigenvalue weighted by Gasteiger charge is 2.08. The number of hydrogen-bond acceptors (Lipinski definition) is 4. The Hall–Kier alpha value is -2.20. The molecule has 0 saturated carbocycles. The first kappa shape index (κ1) is 15.2. The molecule has 0 aliphatic rings. The largest absolute Gasteiger partial charge is 0.493 e. The van der Waals surface area contributed by atoms with Crippen LogP contribution in [0.1, 0.15) is 16.8 Å². The number of hydrogen-bond donors (Lipinski definition) is 1. The van der Waals surface area contributed by atoms with Gasteiger partial charge in [-0.05, 0) is 30.3 Å². The van der Waals surface area contributed by atoms with Gasteiger partial charge >= 0.3 is 5.97 Å². The van der Waals surface area contributed by atoms with Gasteiger partial charge in [0.15, 0.2) is 0 Å². The van der Waals surface area contributed by atoms with Gasteiger partial charge in [0.1, 0.15) is 5.75 Å². The minimum Gasteiger partial charge on any atom is -0.493 e. The van der Waals surface area contributed by atoms with Crippen molar-refractivity contribution in [3.8, 4) is 5.75 Å². The number of nitrogens with two attached hydrogens (primary N) is 1. The molecule has 0 atom stereocenters. The highest BCUT2D eigenvalue weighted by atomic mass is 35.5. The van der Waals surface area contributed by atoms with Crippen LogP contribution < -0.4 is 10.5 Å². The molecule has 0 bridgehead atoms. The fraction of sp³-hybridized carbons (Fsp3) is 0.188. The quantitative estimate of drug-likeness (QED) is 0.503. The average Bonchev–Trinajstić information content (AvgIpc) is 2.47. The number of halogens is 1. The first-order chi connectivity index (χ1) is 10.1. The van der Waals surface area contributed by atoms with Gasteiger partial charge in [-0.2, -0.15) is 0 Å². The minimum absolute atomic E-state index is 0.276. The van der Waals surface area contributed by atoms with Crippen LogP contribution in [0.25, 0.3) is 0 Å². The molecule has 0 aliphatic carbocycles. The van der Waals surface area contributed by atoms with E-state index in [1.165, 1.54) is 12.1 Å². The van der Waals surface area contributed by atoms with E-state index in [2.05, 4.69) is 0 Å². The Kier molecular flexibility index (Phi) is 5.46. The summed E-state index contributed by atoms with van der Waals surface area (Å²) in [5.74, 6) is 0.357. The highest BCUT2D eigenvalue weighted by Crippen LogP contribution is 2.17.